The van der Waals surface area contributed by atoms with Gasteiger partial charge in [-0.1, -0.05) is 0 Å². The lowest BCUT2D eigenvalue weighted by Gasteiger charge is -2.22. The normalized spacial score (nSPS) is 21.2. The largest absolute Gasteiger partial charge is 0.353 e. The van der Waals surface area contributed by atoms with Gasteiger partial charge in [0, 0.05) is 35.8 Å². The van der Waals surface area contributed by atoms with E-state index in [1.54, 1.807) is 4.90 Å². The molecule has 0 radical (unpaired) electrons. The van der Waals surface area contributed by atoms with Gasteiger partial charge in [0.1, 0.15) is 0 Å². The van der Waals surface area contributed by atoms with Crippen LogP contribution in [0.4, 0.5) is 5.69 Å². The number of aryl methyl sites for hydroxylation is 1. The standard InChI is InChI=1S/C21H24N4O/c1-11-12-6-5-7-13-14-9-18-15(21(2,3)20(26)25(18)4)10-16(14)22-19(13)17(8-12)24-23-11/h9-10,22-23H,5-8H2,1-4H3. The number of nitrogens with zero attached hydrogens (tertiary/aromatic N) is 2. The number of hydrogen-bond donors (Lipinski definition) is 2. The third kappa shape index (κ3) is 1.91. The van der Waals surface area contributed by atoms with Crippen LogP contribution in [-0.2, 0) is 16.6 Å². The van der Waals surface area contributed by atoms with Gasteiger partial charge >= 0.3 is 0 Å². The molecule has 1 aromatic heterocycles. The lowest BCUT2D eigenvalue weighted by Crippen LogP contribution is -2.33. The number of aromatic nitrogens is 1. The van der Waals surface area contributed by atoms with E-state index in [-0.39, 0.29) is 5.91 Å². The Hall–Kier alpha value is -2.56. The van der Waals surface area contributed by atoms with Gasteiger partial charge in [-0.15, -0.1) is 0 Å². The van der Waals surface area contributed by atoms with Gasteiger partial charge in [-0.25, -0.2) is 0 Å². The Morgan fingerprint density at radius 3 is 2.85 bits per heavy atom. The maximum Gasteiger partial charge on any atom is 0.236 e. The second-order valence-corrected chi connectivity index (χ2v) is 8.31. The highest BCUT2D eigenvalue weighted by atomic mass is 16.2. The number of amides is 1. The van der Waals surface area contributed by atoms with Crippen molar-refractivity contribution in [3.63, 3.8) is 0 Å². The average Bonchev–Trinajstić information content (AvgIpc) is 3.03. The zero-order valence-electron chi connectivity index (χ0n) is 15.8. The van der Waals surface area contributed by atoms with E-state index in [0.717, 1.165) is 53.9 Å². The summed E-state index contributed by atoms with van der Waals surface area (Å²) in [4.78, 5) is 18.1. The molecule has 134 valence electrons. The fourth-order valence-electron chi connectivity index (χ4n) is 4.72. The number of hydrazone groups is 1. The second kappa shape index (κ2) is 5.00. The van der Waals surface area contributed by atoms with Gasteiger partial charge in [0.05, 0.1) is 16.8 Å². The number of likely N-dealkylation sites (N-methyl/N-ethyl adjacent to an activating group) is 1. The molecule has 1 amide bonds. The fraction of sp³-hybridized carbons (Fsp3) is 0.429. The minimum Gasteiger partial charge on any atom is -0.353 e. The highest BCUT2D eigenvalue weighted by Gasteiger charge is 2.42. The SMILES string of the molecule is CC1=C2CCCc3c([nH]c4cc5c(cc34)N(C)C(=O)C5(C)C)C(=NN1)C2. The molecule has 5 nitrogen and oxygen atoms in total. The number of rotatable bonds is 0. The number of allylic oxidation sites excluding steroid dienone is 2. The quantitative estimate of drug-likeness (QED) is 0.762. The van der Waals surface area contributed by atoms with Crippen molar-refractivity contribution in [3.05, 3.63) is 40.2 Å². The van der Waals surface area contributed by atoms with Crippen LogP contribution < -0.4 is 10.3 Å². The molecule has 0 unspecified atom stereocenters. The molecule has 2 bridgehead atoms. The van der Waals surface area contributed by atoms with Gasteiger partial charge in [0.25, 0.3) is 0 Å². The third-order valence-electron chi connectivity index (χ3n) is 6.36. The minimum absolute atomic E-state index is 0.161. The Kier molecular flexibility index (Phi) is 3.01. The molecule has 0 saturated heterocycles. The van der Waals surface area contributed by atoms with Gasteiger partial charge in [-0.3, -0.25) is 10.2 Å². The van der Waals surface area contributed by atoms with E-state index >= 15 is 0 Å². The Morgan fingerprint density at radius 2 is 2.04 bits per heavy atom. The van der Waals surface area contributed by atoms with E-state index in [0.29, 0.717) is 0 Å². The zero-order valence-corrected chi connectivity index (χ0v) is 15.8. The van der Waals surface area contributed by atoms with E-state index in [1.807, 2.05) is 20.9 Å². The third-order valence-corrected chi connectivity index (χ3v) is 6.36. The van der Waals surface area contributed by atoms with Crippen molar-refractivity contribution >= 4 is 28.2 Å². The molecule has 3 heterocycles. The summed E-state index contributed by atoms with van der Waals surface area (Å²) in [6.45, 7) is 6.14. The van der Waals surface area contributed by atoms with Crippen molar-refractivity contribution in [3.8, 4) is 0 Å². The molecule has 2 aliphatic heterocycles. The smallest absolute Gasteiger partial charge is 0.236 e. The number of nitrogens with one attached hydrogen (secondary N) is 2. The number of hydrogen-bond acceptors (Lipinski definition) is 3. The van der Waals surface area contributed by atoms with Gasteiger partial charge in [0.2, 0.25) is 5.91 Å². The molecule has 3 aliphatic rings. The minimum atomic E-state index is -0.478. The highest BCUT2D eigenvalue weighted by Crippen LogP contribution is 2.44. The molecule has 5 heteroatoms. The first-order chi connectivity index (χ1) is 12.4. The molecule has 0 saturated carbocycles. The molecule has 0 spiro atoms. The van der Waals surface area contributed by atoms with Crippen LogP contribution in [0.2, 0.25) is 0 Å². The van der Waals surface area contributed by atoms with Crippen molar-refractivity contribution in [2.75, 3.05) is 11.9 Å². The van der Waals surface area contributed by atoms with Crippen molar-refractivity contribution in [2.24, 2.45) is 5.10 Å². The topological polar surface area (TPSA) is 60.5 Å². The Labute approximate surface area is 153 Å². The predicted octanol–water partition coefficient (Wildman–Crippen LogP) is 3.73. The summed E-state index contributed by atoms with van der Waals surface area (Å²) < 4.78 is 0. The van der Waals surface area contributed by atoms with Crippen molar-refractivity contribution in [1.82, 2.24) is 10.4 Å². The maximum absolute atomic E-state index is 12.6. The Balaban J connectivity index is 1.73. The molecule has 26 heavy (non-hydrogen) atoms. The summed E-state index contributed by atoms with van der Waals surface area (Å²) >= 11 is 0. The van der Waals surface area contributed by atoms with Crippen molar-refractivity contribution in [1.29, 1.82) is 0 Å². The van der Waals surface area contributed by atoms with Crippen LogP contribution in [0, 0.1) is 0 Å². The number of carbonyl (C=O) groups is 1. The number of fused-ring (bicyclic) bond motifs is 7. The summed E-state index contributed by atoms with van der Waals surface area (Å²) in [5.41, 5.74) is 12.2. The zero-order chi connectivity index (χ0) is 18.2. The van der Waals surface area contributed by atoms with Crippen LogP contribution in [-0.4, -0.2) is 23.7 Å². The molecule has 2 N–H and O–H groups in total. The molecular weight excluding hydrogens is 324 g/mol. The number of benzene rings is 1. The van der Waals surface area contributed by atoms with Gasteiger partial charge in [-0.05, 0) is 68.9 Å². The molecule has 0 fully saturated rings. The summed E-state index contributed by atoms with van der Waals surface area (Å²) in [7, 11) is 1.88. The van der Waals surface area contributed by atoms with Crippen molar-refractivity contribution < 1.29 is 4.79 Å². The van der Waals surface area contributed by atoms with E-state index in [4.69, 9.17) is 0 Å². The first kappa shape index (κ1) is 15.7. The summed E-state index contributed by atoms with van der Waals surface area (Å²) in [6.07, 6.45) is 4.20. The van der Waals surface area contributed by atoms with Crippen LogP contribution in [0.1, 0.15) is 56.9 Å². The van der Waals surface area contributed by atoms with E-state index in [1.165, 1.54) is 22.2 Å². The summed E-state index contributed by atoms with van der Waals surface area (Å²) in [6, 6.07) is 4.38. The Morgan fingerprint density at radius 1 is 1.23 bits per heavy atom. The van der Waals surface area contributed by atoms with Gasteiger partial charge < -0.3 is 9.88 Å². The molecule has 5 rings (SSSR count). The lowest BCUT2D eigenvalue weighted by molar-refractivity contribution is -0.121. The molecular formula is C21H24N4O. The average molecular weight is 348 g/mol. The maximum atomic E-state index is 12.6. The highest BCUT2D eigenvalue weighted by molar-refractivity contribution is 6.12. The van der Waals surface area contributed by atoms with E-state index in [2.05, 4.69) is 34.6 Å². The number of anilines is 1. The monoisotopic (exact) mass is 348 g/mol. The molecule has 1 aromatic carbocycles. The Bertz CT molecular complexity index is 1040. The van der Waals surface area contributed by atoms with E-state index in [9.17, 15) is 4.79 Å². The first-order valence-corrected chi connectivity index (χ1v) is 9.36. The van der Waals surface area contributed by atoms with Crippen LogP contribution in [0.15, 0.2) is 28.5 Å². The van der Waals surface area contributed by atoms with Crippen LogP contribution in [0.3, 0.4) is 0 Å². The predicted molar refractivity (Wildman–Crippen MR) is 105 cm³/mol. The fourth-order valence-corrected chi connectivity index (χ4v) is 4.72. The lowest BCUT2D eigenvalue weighted by atomic mass is 9.85. The molecule has 2 aromatic rings. The van der Waals surface area contributed by atoms with Gasteiger partial charge in [0.15, 0.2) is 0 Å². The molecule has 1 aliphatic carbocycles. The van der Waals surface area contributed by atoms with Crippen LogP contribution >= 0.6 is 0 Å². The molecule has 0 atom stereocenters. The van der Waals surface area contributed by atoms with E-state index < -0.39 is 5.41 Å². The van der Waals surface area contributed by atoms with Crippen LogP contribution in [0.25, 0.3) is 10.9 Å². The summed E-state index contributed by atoms with van der Waals surface area (Å²) in [5, 5.41) is 5.85. The summed E-state index contributed by atoms with van der Waals surface area (Å²) in [5.74, 6) is 0.161. The number of H-pyrrole nitrogens is 1. The van der Waals surface area contributed by atoms with Crippen LogP contribution in [0.5, 0.6) is 0 Å². The number of aromatic amines is 1. The first-order valence-electron chi connectivity index (χ1n) is 9.36. The van der Waals surface area contributed by atoms with Gasteiger partial charge in [-0.2, -0.15) is 5.10 Å². The van der Waals surface area contributed by atoms with Crippen molar-refractivity contribution in [2.45, 2.75) is 51.9 Å². The second-order valence-electron chi connectivity index (χ2n) is 8.31. The number of carbonyl (C=O) groups excluding carboxylic acids is 1.